The van der Waals surface area contributed by atoms with Gasteiger partial charge in [0.1, 0.15) is 20.5 Å². The van der Waals surface area contributed by atoms with Gasteiger partial charge in [0, 0.05) is 38.1 Å². The van der Waals surface area contributed by atoms with Gasteiger partial charge in [-0.05, 0) is 36.6 Å². The molecule has 178 valence electrons. The number of aromatic nitrogens is 2. The van der Waals surface area contributed by atoms with Crippen molar-refractivity contribution in [2.24, 2.45) is 0 Å². The van der Waals surface area contributed by atoms with E-state index in [1.165, 1.54) is 27.0 Å². The van der Waals surface area contributed by atoms with Crippen molar-refractivity contribution in [3.8, 4) is 5.69 Å². The second kappa shape index (κ2) is 9.59. The number of esters is 1. The van der Waals surface area contributed by atoms with Crippen LogP contribution in [0.3, 0.4) is 0 Å². The number of aryl methyl sites for hydroxylation is 1. The second-order valence-electron chi connectivity index (χ2n) is 7.98. The monoisotopic (exact) mass is 516 g/mol. The lowest BCUT2D eigenvalue weighted by Crippen LogP contribution is -2.49. The van der Waals surface area contributed by atoms with Crippen LogP contribution in [-0.4, -0.2) is 72.7 Å². The molecule has 0 amide bonds. The van der Waals surface area contributed by atoms with Crippen molar-refractivity contribution >= 4 is 48.9 Å². The van der Waals surface area contributed by atoms with Crippen molar-refractivity contribution < 1.29 is 17.9 Å². The molecule has 5 rings (SSSR count). The first-order valence-electron chi connectivity index (χ1n) is 10.9. The van der Waals surface area contributed by atoms with E-state index in [2.05, 4.69) is 10.00 Å². The topological polar surface area (TPSA) is 84.7 Å². The van der Waals surface area contributed by atoms with Crippen molar-refractivity contribution in [2.75, 3.05) is 39.3 Å². The van der Waals surface area contributed by atoms with Crippen LogP contribution in [0.5, 0.6) is 0 Å². The van der Waals surface area contributed by atoms with Gasteiger partial charge in [0.2, 0.25) is 0 Å². The summed E-state index contributed by atoms with van der Waals surface area (Å²) < 4.78 is 34.6. The van der Waals surface area contributed by atoms with E-state index in [-0.39, 0.29) is 12.6 Å². The van der Waals surface area contributed by atoms with Crippen LogP contribution in [0.15, 0.2) is 58.1 Å². The zero-order chi connectivity index (χ0) is 23.7. The summed E-state index contributed by atoms with van der Waals surface area (Å²) in [6.45, 7) is 4.84. The fraction of sp³-hybridized carbons (Fsp3) is 0.304. The number of fused-ring (bicyclic) bond motifs is 1. The molecule has 1 aliphatic rings. The summed E-state index contributed by atoms with van der Waals surface area (Å²) in [5.41, 5.74) is 1.81. The summed E-state index contributed by atoms with van der Waals surface area (Å²) in [6, 6.07) is 15.1. The lowest BCUT2D eigenvalue weighted by molar-refractivity contribution is 0.0450. The summed E-state index contributed by atoms with van der Waals surface area (Å²) in [6.07, 6.45) is 0. The fourth-order valence-corrected chi connectivity index (χ4v) is 7.60. The molecule has 0 aliphatic carbocycles. The van der Waals surface area contributed by atoms with Crippen molar-refractivity contribution in [3.63, 3.8) is 0 Å². The van der Waals surface area contributed by atoms with E-state index in [0.717, 1.165) is 21.6 Å². The van der Waals surface area contributed by atoms with Gasteiger partial charge in [-0.2, -0.15) is 9.40 Å². The number of para-hydroxylation sites is 1. The average molecular weight is 517 g/mol. The molecule has 0 spiro atoms. The van der Waals surface area contributed by atoms with Gasteiger partial charge >= 0.3 is 5.97 Å². The number of nitrogens with zero attached hydrogens (tertiary/aromatic N) is 4. The Hall–Kier alpha value is -2.57. The summed E-state index contributed by atoms with van der Waals surface area (Å²) >= 11 is 2.61. The molecule has 1 aromatic carbocycles. The Kier molecular flexibility index (Phi) is 6.54. The average Bonchev–Trinajstić information content (AvgIpc) is 3.59. The number of rotatable bonds is 7. The van der Waals surface area contributed by atoms with Gasteiger partial charge in [-0.1, -0.05) is 24.3 Å². The van der Waals surface area contributed by atoms with Crippen LogP contribution in [0.4, 0.5) is 0 Å². The quantitative estimate of drug-likeness (QED) is 0.349. The Labute approximate surface area is 206 Å². The van der Waals surface area contributed by atoms with Crippen molar-refractivity contribution in [1.82, 2.24) is 19.0 Å². The minimum atomic E-state index is -3.41. The molecule has 1 aliphatic heterocycles. The molecule has 0 N–H and O–H groups in total. The molecular formula is C23H24N4O4S3. The third-order valence-corrected chi connectivity index (χ3v) is 10.2. The third-order valence-electron chi connectivity index (χ3n) is 5.81. The SMILES string of the molecule is Cc1nn(-c2ccccc2)c2sc(C(=O)OCCN3CCN(S(=O)(=O)c4cccs4)CC3)cc12. The molecule has 0 radical (unpaired) electrons. The first kappa shape index (κ1) is 23.2. The van der Waals surface area contributed by atoms with Crippen LogP contribution in [0.2, 0.25) is 0 Å². The van der Waals surface area contributed by atoms with Gasteiger partial charge < -0.3 is 4.74 Å². The Morgan fingerprint density at radius 2 is 1.85 bits per heavy atom. The zero-order valence-corrected chi connectivity index (χ0v) is 21.0. The molecule has 1 fully saturated rings. The van der Waals surface area contributed by atoms with E-state index in [1.807, 2.05) is 48.0 Å². The molecule has 34 heavy (non-hydrogen) atoms. The molecule has 8 nitrogen and oxygen atoms in total. The van der Waals surface area contributed by atoms with Gasteiger partial charge in [-0.3, -0.25) is 4.90 Å². The first-order valence-corrected chi connectivity index (χ1v) is 14.0. The van der Waals surface area contributed by atoms with E-state index in [9.17, 15) is 13.2 Å². The van der Waals surface area contributed by atoms with Crippen molar-refractivity contribution in [1.29, 1.82) is 0 Å². The van der Waals surface area contributed by atoms with Gasteiger partial charge in [0.25, 0.3) is 10.0 Å². The standard InChI is InChI=1S/C23H24N4O4S3/c1-17-19-16-20(33-22(19)27(24-17)18-6-3-2-4-7-18)23(28)31-14-13-25-9-11-26(12-10-25)34(29,30)21-8-5-15-32-21/h2-8,15-16H,9-14H2,1H3. The summed E-state index contributed by atoms with van der Waals surface area (Å²) in [5, 5.41) is 7.32. The van der Waals surface area contributed by atoms with Crippen LogP contribution < -0.4 is 0 Å². The largest absolute Gasteiger partial charge is 0.460 e. The first-order chi connectivity index (χ1) is 16.4. The maximum absolute atomic E-state index is 12.7. The molecule has 4 heterocycles. The highest BCUT2D eigenvalue weighted by molar-refractivity contribution is 7.91. The Balaban J connectivity index is 1.16. The van der Waals surface area contributed by atoms with Gasteiger partial charge in [-0.25, -0.2) is 17.9 Å². The summed E-state index contributed by atoms with van der Waals surface area (Å²) in [5.74, 6) is -0.348. The molecular weight excluding hydrogens is 492 g/mol. The van der Waals surface area contributed by atoms with Gasteiger partial charge in [0.15, 0.2) is 0 Å². The molecule has 4 aromatic rings. The van der Waals surface area contributed by atoms with E-state index in [4.69, 9.17) is 4.74 Å². The van der Waals surface area contributed by atoms with E-state index in [0.29, 0.717) is 41.8 Å². The molecule has 11 heteroatoms. The Morgan fingerprint density at radius 1 is 1.09 bits per heavy atom. The molecule has 0 bridgehead atoms. The molecule has 0 unspecified atom stereocenters. The maximum Gasteiger partial charge on any atom is 0.348 e. The second-order valence-corrected chi connectivity index (χ2v) is 12.1. The number of ether oxygens (including phenoxy) is 1. The number of piperazine rings is 1. The van der Waals surface area contributed by atoms with Gasteiger partial charge in [0.05, 0.1) is 11.4 Å². The van der Waals surface area contributed by atoms with Crippen LogP contribution >= 0.6 is 22.7 Å². The highest BCUT2D eigenvalue weighted by Gasteiger charge is 2.29. The van der Waals surface area contributed by atoms with Crippen molar-refractivity contribution in [2.45, 2.75) is 11.1 Å². The van der Waals surface area contributed by atoms with Crippen LogP contribution in [0, 0.1) is 6.92 Å². The van der Waals surface area contributed by atoms with E-state index in [1.54, 1.807) is 17.5 Å². The van der Waals surface area contributed by atoms with Crippen LogP contribution in [0.25, 0.3) is 15.9 Å². The smallest absolute Gasteiger partial charge is 0.348 e. The minimum Gasteiger partial charge on any atom is -0.460 e. The lowest BCUT2D eigenvalue weighted by Gasteiger charge is -2.33. The molecule has 0 saturated carbocycles. The van der Waals surface area contributed by atoms with Gasteiger partial charge in [-0.15, -0.1) is 22.7 Å². The number of hydrogen-bond acceptors (Lipinski definition) is 8. The van der Waals surface area contributed by atoms with Crippen molar-refractivity contribution in [3.05, 3.63) is 64.5 Å². The fourth-order valence-electron chi connectivity index (χ4n) is 3.96. The van der Waals surface area contributed by atoms with E-state index < -0.39 is 10.0 Å². The minimum absolute atomic E-state index is 0.258. The van der Waals surface area contributed by atoms with Crippen LogP contribution in [0.1, 0.15) is 15.4 Å². The third kappa shape index (κ3) is 4.53. The normalized spacial score (nSPS) is 15.7. The number of hydrogen-bond donors (Lipinski definition) is 0. The highest BCUT2D eigenvalue weighted by atomic mass is 32.2. The number of sulfonamides is 1. The zero-order valence-electron chi connectivity index (χ0n) is 18.6. The number of carbonyl (C=O) groups excluding carboxylic acids is 1. The summed E-state index contributed by atoms with van der Waals surface area (Å²) in [7, 11) is -3.41. The predicted molar refractivity (Wildman–Crippen MR) is 133 cm³/mol. The molecule has 1 saturated heterocycles. The Bertz CT molecular complexity index is 1390. The maximum atomic E-state index is 12.7. The summed E-state index contributed by atoms with van der Waals surface area (Å²) in [4.78, 5) is 16.3. The lowest BCUT2D eigenvalue weighted by atomic mass is 10.3. The number of benzene rings is 1. The number of carbonyl (C=O) groups is 1. The van der Waals surface area contributed by atoms with E-state index >= 15 is 0 Å². The molecule has 3 aromatic heterocycles. The number of thiophene rings is 2. The highest BCUT2D eigenvalue weighted by Crippen LogP contribution is 2.30. The molecule has 0 atom stereocenters. The predicted octanol–water partition coefficient (Wildman–Crippen LogP) is 3.62. The Morgan fingerprint density at radius 3 is 2.56 bits per heavy atom. The van der Waals surface area contributed by atoms with Crippen LogP contribution in [-0.2, 0) is 14.8 Å².